The van der Waals surface area contributed by atoms with Crippen molar-refractivity contribution >= 4 is 15.9 Å². The minimum Gasteiger partial charge on any atom is -0.337 e. The molecule has 0 N–H and O–H groups in total. The van der Waals surface area contributed by atoms with E-state index in [1.807, 2.05) is 4.90 Å². The third-order valence-corrected chi connectivity index (χ3v) is 7.79. The van der Waals surface area contributed by atoms with Gasteiger partial charge in [-0.3, -0.25) is 9.78 Å². The number of hydrogen-bond donors (Lipinski definition) is 0. The van der Waals surface area contributed by atoms with Gasteiger partial charge in [0.1, 0.15) is 5.69 Å². The summed E-state index contributed by atoms with van der Waals surface area (Å²) in [6.07, 6.45) is 8.87. The number of amides is 1. The van der Waals surface area contributed by atoms with Gasteiger partial charge in [0, 0.05) is 44.0 Å². The van der Waals surface area contributed by atoms with Gasteiger partial charge < -0.3 is 4.90 Å². The third-order valence-electron chi connectivity index (χ3n) is 5.44. The van der Waals surface area contributed by atoms with Crippen LogP contribution < -0.4 is 0 Å². The van der Waals surface area contributed by atoms with Gasteiger partial charge >= 0.3 is 0 Å². The van der Waals surface area contributed by atoms with E-state index in [1.54, 1.807) is 10.5 Å². The molecule has 1 aromatic heterocycles. The van der Waals surface area contributed by atoms with Gasteiger partial charge in [-0.15, -0.1) is 0 Å². The molecule has 24 heavy (non-hydrogen) atoms. The molecule has 0 radical (unpaired) electrons. The van der Waals surface area contributed by atoms with E-state index in [9.17, 15) is 13.2 Å². The summed E-state index contributed by atoms with van der Waals surface area (Å²) < 4.78 is 26.6. The molecule has 7 nitrogen and oxygen atoms in total. The fourth-order valence-corrected chi connectivity index (χ4v) is 5.93. The van der Waals surface area contributed by atoms with Crippen molar-refractivity contribution in [1.29, 1.82) is 0 Å². The summed E-state index contributed by atoms with van der Waals surface area (Å²) in [5, 5.41) is -0.159. The molecule has 2 saturated heterocycles. The van der Waals surface area contributed by atoms with Crippen LogP contribution in [0.3, 0.4) is 0 Å². The highest BCUT2D eigenvalue weighted by Crippen LogP contribution is 2.42. The van der Waals surface area contributed by atoms with E-state index >= 15 is 0 Å². The lowest BCUT2D eigenvalue weighted by Crippen LogP contribution is -2.48. The Balaban J connectivity index is 1.48. The maximum Gasteiger partial charge on any atom is 0.274 e. The fourth-order valence-electron chi connectivity index (χ4n) is 3.97. The largest absolute Gasteiger partial charge is 0.337 e. The third kappa shape index (κ3) is 2.82. The van der Waals surface area contributed by atoms with Gasteiger partial charge in [0.15, 0.2) is 0 Å². The van der Waals surface area contributed by atoms with Crippen molar-refractivity contribution in [2.75, 3.05) is 26.2 Å². The van der Waals surface area contributed by atoms with E-state index in [0.29, 0.717) is 31.9 Å². The Hall–Kier alpha value is -1.54. The Morgan fingerprint density at radius 3 is 2.71 bits per heavy atom. The first-order valence-electron chi connectivity index (χ1n) is 8.55. The van der Waals surface area contributed by atoms with Crippen LogP contribution >= 0.6 is 0 Å². The van der Waals surface area contributed by atoms with Crippen LogP contribution in [0.5, 0.6) is 0 Å². The molecule has 1 saturated carbocycles. The minimum absolute atomic E-state index is 0.0991. The van der Waals surface area contributed by atoms with Crippen LogP contribution in [0.1, 0.15) is 42.6 Å². The molecule has 1 unspecified atom stereocenters. The molecule has 4 rings (SSSR count). The summed E-state index contributed by atoms with van der Waals surface area (Å²) in [6, 6.07) is 0. The molecule has 0 bridgehead atoms. The number of hydrogen-bond acceptors (Lipinski definition) is 5. The van der Waals surface area contributed by atoms with Crippen molar-refractivity contribution < 1.29 is 13.2 Å². The van der Waals surface area contributed by atoms with Crippen molar-refractivity contribution in [3.8, 4) is 0 Å². The van der Waals surface area contributed by atoms with Gasteiger partial charge in [-0.1, -0.05) is 0 Å². The number of piperidine rings is 1. The van der Waals surface area contributed by atoms with Crippen LogP contribution in [0.4, 0.5) is 0 Å². The second-order valence-electron chi connectivity index (χ2n) is 7.25. The number of sulfonamides is 1. The van der Waals surface area contributed by atoms with Gasteiger partial charge in [0.25, 0.3) is 5.91 Å². The summed E-state index contributed by atoms with van der Waals surface area (Å²) in [5.74, 6) is -0.106. The number of nitrogens with zero attached hydrogens (tertiary/aromatic N) is 4. The number of carbonyl (C=O) groups is 1. The van der Waals surface area contributed by atoms with E-state index in [2.05, 4.69) is 9.97 Å². The molecular formula is C16H22N4O3S. The molecular weight excluding hydrogens is 328 g/mol. The van der Waals surface area contributed by atoms with Crippen molar-refractivity contribution in [2.24, 2.45) is 5.41 Å². The maximum atomic E-state index is 12.6. The predicted octanol–water partition coefficient (Wildman–Crippen LogP) is 0.897. The van der Waals surface area contributed by atoms with Gasteiger partial charge in [-0.2, -0.15) is 0 Å². The highest BCUT2D eigenvalue weighted by molar-refractivity contribution is 7.90. The van der Waals surface area contributed by atoms with E-state index in [0.717, 1.165) is 32.1 Å². The van der Waals surface area contributed by atoms with E-state index < -0.39 is 10.0 Å². The van der Waals surface area contributed by atoms with Crippen LogP contribution in [0.15, 0.2) is 18.6 Å². The first-order valence-corrected chi connectivity index (χ1v) is 10.0. The predicted molar refractivity (Wildman–Crippen MR) is 87.7 cm³/mol. The zero-order valence-electron chi connectivity index (χ0n) is 13.6. The summed E-state index contributed by atoms with van der Waals surface area (Å²) in [4.78, 5) is 22.5. The molecule has 1 atom stereocenters. The Morgan fingerprint density at radius 2 is 2.00 bits per heavy atom. The first-order chi connectivity index (χ1) is 11.5. The van der Waals surface area contributed by atoms with Gasteiger partial charge in [0.2, 0.25) is 10.0 Å². The highest BCUT2D eigenvalue weighted by Gasteiger charge is 2.49. The Bertz CT molecular complexity index is 735. The standard InChI is InChI=1S/C16H22N4O3S/c21-15(14-10-17-6-7-18-14)19-8-1-4-16(11-19)5-9-20(12-16)24(22,23)13-2-3-13/h6-7,10,13H,1-5,8-9,11-12H2. The quantitative estimate of drug-likeness (QED) is 0.809. The molecule has 1 aliphatic carbocycles. The first kappa shape index (κ1) is 16.0. The molecule has 3 fully saturated rings. The molecule has 3 aliphatic rings. The van der Waals surface area contributed by atoms with E-state index in [4.69, 9.17) is 0 Å². The Kier molecular flexibility index (Phi) is 3.84. The van der Waals surface area contributed by atoms with E-state index in [1.165, 1.54) is 12.4 Å². The minimum atomic E-state index is -3.12. The fraction of sp³-hybridized carbons (Fsp3) is 0.688. The van der Waals surface area contributed by atoms with Crippen molar-refractivity contribution in [3.05, 3.63) is 24.3 Å². The van der Waals surface area contributed by atoms with Crippen molar-refractivity contribution in [1.82, 2.24) is 19.2 Å². The van der Waals surface area contributed by atoms with Crippen LogP contribution in [0, 0.1) is 5.41 Å². The SMILES string of the molecule is O=C(c1cnccn1)N1CCCC2(CCN(S(=O)(=O)C3CC3)C2)C1. The second-order valence-corrected chi connectivity index (χ2v) is 9.46. The Labute approximate surface area is 142 Å². The molecule has 1 spiro atoms. The smallest absolute Gasteiger partial charge is 0.274 e. The van der Waals surface area contributed by atoms with Crippen LogP contribution in [-0.2, 0) is 10.0 Å². The van der Waals surface area contributed by atoms with Crippen LogP contribution in [-0.4, -0.2) is 64.9 Å². The van der Waals surface area contributed by atoms with Gasteiger partial charge in [-0.25, -0.2) is 17.7 Å². The highest BCUT2D eigenvalue weighted by atomic mass is 32.2. The van der Waals surface area contributed by atoms with Gasteiger partial charge in [-0.05, 0) is 32.1 Å². The topological polar surface area (TPSA) is 83.5 Å². The number of aromatic nitrogens is 2. The molecule has 2 aliphatic heterocycles. The molecule has 1 amide bonds. The average molecular weight is 350 g/mol. The van der Waals surface area contributed by atoms with Crippen LogP contribution in [0.25, 0.3) is 0 Å². The number of carbonyl (C=O) groups excluding carboxylic acids is 1. The lowest BCUT2D eigenvalue weighted by molar-refractivity contribution is 0.0537. The zero-order valence-corrected chi connectivity index (χ0v) is 14.4. The maximum absolute atomic E-state index is 12.6. The van der Waals surface area contributed by atoms with E-state index in [-0.39, 0.29) is 16.6 Å². The van der Waals surface area contributed by atoms with Gasteiger partial charge in [0.05, 0.1) is 11.4 Å². The second kappa shape index (κ2) is 5.77. The molecule has 3 heterocycles. The van der Waals surface area contributed by atoms with Crippen LogP contribution in [0.2, 0.25) is 0 Å². The summed E-state index contributed by atoms with van der Waals surface area (Å²) in [6.45, 7) is 2.45. The number of rotatable bonds is 3. The molecule has 1 aromatic rings. The molecule has 130 valence electrons. The lowest BCUT2D eigenvalue weighted by atomic mass is 9.79. The van der Waals surface area contributed by atoms with Crippen molar-refractivity contribution in [3.63, 3.8) is 0 Å². The Morgan fingerprint density at radius 1 is 1.17 bits per heavy atom. The lowest BCUT2D eigenvalue weighted by Gasteiger charge is -2.40. The zero-order chi connectivity index (χ0) is 16.8. The number of likely N-dealkylation sites (tertiary alicyclic amines) is 1. The normalized spacial score (nSPS) is 28.4. The summed E-state index contributed by atoms with van der Waals surface area (Å²) in [5.41, 5.74) is 0.257. The average Bonchev–Trinajstić information content (AvgIpc) is 3.39. The molecule has 8 heteroatoms. The van der Waals surface area contributed by atoms with Crippen molar-refractivity contribution in [2.45, 2.75) is 37.4 Å². The molecule has 0 aromatic carbocycles. The summed E-state index contributed by atoms with van der Waals surface area (Å²) in [7, 11) is -3.12. The summed E-state index contributed by atoms with van der Waals surface area (Å²) >= 11 is 0. The monoisotopic (exact) mass is 350 g/mol.